The quantitative estimate of drug-likeness (QED) is 0.576. The number of Topliss-reactive ketones (excluding diaryl/α,β-unsaturated/α-hetero) is 1. The van der Waals surface area contributed by atoms with Crippen molar-refractivity contribution >= 4 is 23.3 Å². The standard InChI is InChI=1S/C19H19NO6/c1-13(21)14-5-3-8-17(9-14)25-12-19(23)26-11-18(22)20-15-6-4-7-16(10-15)24-2/h3-10H,11-12H2,1-2H3,(H,20,22). The van der Waals surface area contributed by atoms with Crippen LogP contribution in [0.15, 0.2) is 48.5 Å². The molecule has 2 aromatic carbocycles. The molecular weight excluding hydrogens is 338 g/mol. The summed E-state index contributed by atoms with van der Waals surface area (Å²) in [5, 5.41) is 2.59. The van der Waals surface area contributed by atoms with E-state index in [1.165, 1.54) is 20.1 Å². The molecule has 136 valence electrons. The predicted octanol–water partition coefficient (Wildman–Crippen LogP) is 2.46. The van der Waals surface area contributed by atoms with Gasteiger partial charge in [0.15, 0.2) is 19.0 Å². The van der Waals surface area contributed by atoms with Crippen LogP contribution in [0.25, 0.3) is 0 Å². The van der Waals surface area contributed by atoms with Crippen LogP contribution >= 0.6 is 0 Å². The van der Waals surface area contributed by atoms with Crippen molar-refractivity contribution < 1.29 is 28.6 Å². The first-order valence-electron chi connectivity index (χ1n) is 7.81. The fourth-order valence-electron chi connectivity index (χ4n) is 2.03. The SMILES string of the molecule is COc1cccc(NC(=O)COC(=O)COc2cccc(C(C)=O)c2)c1. The molecule has 0 radical (unpaired) electrons. The van der Waals surface area contributed by atoms with Gasteiger partial charge in [-0.2, -0.15) is 0 Å². The number of nitrogens with one attached hydrogen (secondary N) is 1. The zero-order valence-electron chi connectivity index (χ0n) is 14.5. The zero-order valence-corrected chi connectivity index (χ0v) is 14.5. The van der Waals surface area contributed by atoms with Crippen LogP contribution in [0.5, 0.6) is 11.5 Å². The number of methoxy groups -OCH3 is 1. The summed E-state index contributed by atoms with van der Waals surface area (Å²) in [7, 11) is 1.52. The van der Waals surface area contributed by atoms with Gasteiger partial charge in [0.05, 0.1) is 7.11 Å². The number of ether oxygens (including phenoxy) is 3. The molecule has 1 amide bonds. The molecule has 0 unspecified atom stereocenters. The van der Waals surface area contributed by atoms with Crippen molar-refractivity contribution in [2.24, 2.45) is 0 Å². The van der Waals surface area contributed by atoms with Crippen LogP contribution in [0.4, 0.5) is 5.69 Å². The Kier molecular flexibility index (Phi) is 6.73. The normalized spacial score (nSPS) is 9.92. The van der Waals surface area contributed by atoms with Gasteiger partial charge in [0, 0.05) is 17.3 Å². The summed E-state index contributed by atoms with van der Waals surface area (Å²) < 4.78 is 15.2. The number of hydrogen-bond donors (Lipinski definition) is 1. The van der Waals surface area contributed by atoms with Gasteiger partial charge in [-0.15, -0.1) is 0 Å². The molecule has 0 aromatic heterocycles. The Balaban J connectivity index is 1.76. The van der Waals surface area contributed by atoms with Crippen LogP contribution < -0.4 is 14.8 Å². The fraction of sp³-hybridized carbons (Fsp3) is 0.211. The van der Waals surface area contributed by atoms with Crippen molar-refractivity contribution in [3.63, 3.8) is 0 Å². The smallest absolute Gasteiger partial charge is 0.344 e. The highest BCUT2D eigenvalue weighted by Gasteiger charge is 2.10. The van der Waals surface area contributed by atoms with Crippen LogP contribution in [0.1, 0.15) is 17.3 Å². The number of hydrogen-bond acceptors (Lipinski definition) is 6. The molecular formula is C19H19NO6. The van der Waals surface area contributed by atoms with Crippen molar-refractivity contribution in [1.29, 1.82) is 0 Å². The van der Waals surface area contributed by atoms with E-state index in [9.17, 15) is 14.4 Å². The highest BCUT2D eigenvalue weighted by Crippen LogP contribution is 2.16. The molecule has 0 fully saturated rings. The Hall–Kier alpha value is -3.35. The topological polar surface area (TPSA) is 90.9 Å². The fourth-order valence-corrected chi connectivity index (χ4v) is 2.03. The average Bonchev–Trinajstić information content (AvgIpc) is 2.65. The van der Waals surface area contributed by atoms with Gasteiger partial charge in [-0.1, -0.05) is 18.2 Å². The first-order valence-corrected chi connectivity index (χ1v) is 7.81. The summed E-state index contributed by atoms with van der Waals surface area (Å²) in [6, 6.07) is 13.3. The van der Waals surface area contributed by atoms with Gasteiger partial charge in [-0.05, 0) is 31.2 Å². The van der Waals surface area contributed by atoms with E-state index < -0.39 is 18.5 Å². The van der Waals surface area contributed by atoms with Crippen molar-refractivity contribution in [3.8, 4) is 11.5 Å². The molecule has 0 saturated heterocycles. The van der Waals surface area contributed by atoms with Gasteiger partial charge in [0.1, 0.15) is 11.5 Å². The molecule has 26 heavy (non-hydrogen) atoms. The minimum Gasteiger partial charge on any atom is -0.497 e. The lowest BCUT2D eigenvalue weighted by Crippen LogP contribution is -2.23. The van der Waals surface area contributed by atoms with Crippen LogP contribution in [0.3, 0.4) is 0 Å². The third-order valence-corrected chi connectivity index (χ3v) is 3.31. The molecule has 0 spiro atoms. The summed E-state index contributed by atoms with van der Waals surface area (Å²) in [5.41, 5.74) is 1.01. The van der Waals surface area contributed by atoms with Crippen molar-refractivity contribution in [1.82, 2.24) is 0 Å². The summed E-state index contributed by atoms with van der Waals surface area (Å²) >= 11 is 0. The van der Waals surface area contributed by atoms with E-state index in [0.29, 0.717) is 22.7 Å². The number of carbonyl (C=O) groups is 3. The number of amides is 1. The Morgan fingerprint density at radius 2 is 1.69 bits per heavy atom. The Morgan fingerprint density at radius 1 is 0.962 bits per heavy atom. The second kappa shape index (κ2) is 9.22. The lowest BCUT2D eigenvalue weighted by Gasteiger charge is -2.09. The number of anilines is 1. The summed E-state index contributed by atoms with van der Waals surface area (Å²) in [4.78, 5) is 34.8. The van der Waals surface area contributed by atoms with Gasteiger partial charge < -0.3 is 19.5 Å². The molecule has 7 heteroatoms. The predicted molar refractivity (Wildman–Crippen MR) is 94.5 cm³/mol. The van der Waals surface area contributed by atoms with Gasteiger partial charge in [0.2, 0.25) is 0 Å². The lowest BCUT2D eigenvalue weighted by molar-refractivity contribution is -0.149. The maximum Gasteiger partial charge on any atom is 0.344 e. The van der Waals surface area contributed by atoms with Gasteiger partial charge >= 0.3 is 5.97 Å². The molecule has 0 bridgehead atoms. The molecule has 7 nitrogen and oxygen atoms in total. The number of rotatable bonds is 8. The molecule has 2 rings (SSSR count). The second-order valence-electron chi connectivity index (χ2n) is 5.31. The van der Waals surface area contributed by atoms with E-state index in [4.69, 9.17) is 14.2 Å². The van der Waals surface area contributed by atoms with Crippen molar-refractivity contribution in [3.05, 3.63) is 54.1 Å². The number of benzene rings is 2. The lowest BCUT2D eigenvalue weighted by atomic mass is 10.1. The Labute approximate surface area is 150 Å². The number of carbonyl (C=O) groups excluding carboxylic acids is 3. The summed E-state index contributed by atoms with van der Waals surface area (Å²) in [6.45, 7) is 0.634. The van der Waals surface area contributed by atoms with E-state index in [0.717, 1.165) is 0 Å². The number of ketones is 1. The third kappa shape index (κ3) is 5.94. The van der Waals surface area contributed by atoms with E-state index >= 15 is 0 Å². The van der Waals surface area contributed by atoms with Crippen LogP contribution in [0, 0.1) is 0 Å². The average molecular weight is 357 g/mol. The van der Waals surface area contributed by atoms with E-state index in [-0.39, 0.29) is 12.4 Å². The minimum absolute atomic E-state index is 0.104. The van der Waals surface area contributed by atoms with Gasteiger partial charge in [-0.3, -0.25) is 9.59 Å². The largest absolute Gasteiger partial charge is 0.497 e. The van der Waals surface area contributed by atoms with E-state index in [1.807, 2.05) is 0 Å². The van der Waals surface area contributed by atoms with Crippen LogP contribution in [0.2, 0.25) is 0 Å². The highest BCUT2D eigenvalue weighted by atomic mass is 16.6. The van der Waals surface area contributed by atoms with Gasteiger partial charge in [0.25, 0.3) is 5.91 Å². The molecule has 0 heterocycles. The summed E-state index contributed by atoms with van der Waals surface area (Å²) in [6.07, 6.45) is 0. The van der Waals surface area contributed by atoms with E-state index in [1.54, 1.807) is 42.5 Å². The first-order chi connectivity index (χ1) is 12.5. The molecule has 0 aliphatic heterocycles. The van der Waals surface area contributed by atoms with Crippen LogP contribution in [-0.2, 0) is 14.3 Å². The molecule has 0 aliphatic rings. The second-order valence-corrected chi connectivity index (χ2v) is 5.31. The molecule has 1 N–H and O–H groups in total. The molecule has 2 aromatic rings. The summed E-state index contributed by atoms with van der Waals surface area (Å²) in [5.74, 6) is -0.312. The van der Waals surface area contributed by atoms with Crippen molar-refractivity contribution in [2.75, 3.05) is 25.6 Å². The maximum atomic E-state index is 11.8. The minimum atomic E-state index is -0.695. The monoisotopic (exact) mass is 357 g/mol. The molecule has 0 saturated carbocycles. The van der Waals surface area contributed by atoms with E-state index in [2.05, 4.69) is 5.32 Å². The zero-order chi connectivity index (χ0) is 18.9. The number of esters is 1. The Morgan fingerprint density at radius 3 is 2.42 bits per heavy atom. The highest BCUT2D eigenvalue weighted by molar-refractivity contribution is 5.94. The van der Waals surface area contributed by atoms with Gasteiger partial charge in [-0.25, -0.2) is 4.79 Å². The molecule has 0 atom stereocenters. The Bertz CT molecular complexity index is 802. The first kappa shape index (κ1) is 19.0. The van der Waals surface area contributed by atoms with Crippen LogP contribution in [-0.4, -0.2) is 38.0 Å². The maximum absolute atomic E-state index is 11.8. The molecule has 0 aliphatic carbocycles. The third-order valence-electron chi connectivity index (χ3n) is 3.31. The van der Waals surface area contributed by atoms with Crippen molar-refractivity contribution in [2.45, 2.75) is 6.92 Å².